The summed E-state index contributed by atoms with van der Waals surface area (Å²) in [6.45, 7) is 8.40. The molecule has 176 valence electrons. The van der Waals surface area contributed by atoms with Crippen LogP contribution in [-0.2, 0) is 10.2 Å². The molecule has 0 saturated heterocycles. The minimum atomic E-state index is -0.504. The number of aromatic nitrogens is 6. The van der Waals surface area contributed by atoms with Crippen LogP contribution >= 0.6 is 0 Å². The van der Waals surface area contributed by atoms with Gasteiger partial charge < -0.3 is 30.8 Å². The van der Waals surface area contributed by atoms with Gasteiger partial charge in [-0.3, -0.25) is 0 Å². The third-order valence-corrected chi connectivity index (χ3v) is 4.64. The number of amides is 1. The van der Waals surface area contributed by atoms with Crippen LogP contribution in [0.1, 0.15) is 33.5 Å². The number of nitrogens with zero attached hydrogens (tertiary/aromatic N) is 5. The molecule has 0 radical (unpaired) electrons. The summed E-state index contributed by atoms with van der Waals surface area (Å²) in [5, 5.41) is 5.79. The Morgan fingerprint density at radius 1 is 1.18 bits per heavy atom. The number of imidazole rings is 1. The molecule has 12 nitrogen and oxygen atoms in total. The second-order valence-electron chi connectivity index (χ2n) is 8.39. The number of rotatable bonds is 7. The second-order valence-corrected chi connectivity index (χ2v) is 8.39. The Hall–Kier alpha value is -3.96. The van der Waals surface area contributed by atoms with Gasteiger partial charge in [-0.2, -0.15) is 0 Å². The zero-order chi connectivity index (χ0) is 24.2. The fraction of sp³-hybridized carbons (Fsp3) is 0.429. The first-order chi connectivity index (χ1) is 15.6. The number of anilines is 2. The lowest BCUT2D eigenvalue weighted by Gasteiger charge is -2.14. The van der Waals surface area contributed by atoms with Crippen LogP contribution in [0.3, 0.4) is 0 Å². The third kappa shape index (κ3) is 5.64. The number of nitrogen functional groups attached to an aromatic ring is 1. The number of hydrogen-bond donors (Lipinski definition) is 4. The lowest BCUT2D eigenvalue weighted by molar-refractivity contribution is 0.168. The fourth-order valence-electron chi connectivity index (χ4n) is 2.88. The quantitative estimate of drug-likeness (QED) is 0.415. The monoisotopic (exact) mass is 455 g/mol. The Labute approximate surface area is 191 Å². The van der Waals surface area contributed by atoms with Gasteiger partial charge in [0.2, 0.25) is 5.95 Å². The maximum absolute atomic E-state index is 11.4. The molecule has 3 aromatic rings. The van der Waals surface area contributed by atoms with E-state index in [1.54, 1.807) is 18.5 Å². The number of aromatic amines is 1. The average molecular weight is 456 g/mol. The van der Waals surface area contributed by atoms with E-state index < -0.39 is 6.09 Å². The van der Waals surface area contributed by atoms with Gasteiger partial charge in [0.25, 0.3) is 5.88 Å². The molecule has 1 amide bonds. The summed E-state index contributed by atoms with van der Waals surface area (Å²) in [5.41, 5.74) is 7.91. The van der Waals surface area contributed by atoms with Gasteiger partial charge in [0.15, 0.2) is 5.82 Å². The predicted molar refractivity (Wildman–Crippen MR) is 124 cm³/mol. The van der Waals surface area contributed by atoms with Gasteiger partial charge in [-0.25, -0.2) is 29.7 Å². The maximum Gasteiger partial charge on any atom is 0.407 e. The molecule has 0 aromatic carbocycles. The van der Waals surface area contributed by atoms with Crippen LogP contribution in [0.4, 0.5) is 16.6 Å². The SMILES string of the molecule is COC(=O)N[C@@H](C)CNc1nccc(-c2[nH]c(C(C)(C)C)nc2-c2cnc(N)c(OC)n2)n1. The molecule has 5 N–H and O–H groups in total. The summed E-state index contributed by atoms with van der Waals surface area (Å²) in [5.74, 6) is 1.56. The standard InChI is InChI=1S/C21H29N9O3/c1-11(26-20(31)33-6)9-25-19-23-8-7-12(28-19)14-15(30-18(29-14)21(2,3)4)13-10-24-16(22)17(27-13)32-5/h7-8,10-11H,9H2,1-6H3,(H2,22,24)(H,26,31)(H,29,30)(H,23,25,28)/t11-/m0/s1. The molecule has 33 heavy (non-hydrogen) atoms. The van der Waals surface area contributed by atoms with Crippen molar-refractivity contribution in [3.8, 4) is 28.7 Å². The van der Waals surface area contributed by atoms with Crippen molar-refractivity contribution in [1.82, 2.24) is 35.2 Å². The molecule has 0 aliphatic heterocycles. The molecule has 0 bridgehead atoms. The highest BCUT2D eigenvalue weighted by Gasteiger charge is 2.24. The van der Waals surface area contributed by atoms with Crippen molar-refractivity contribution in [3.05, 3.63) is 24.3 Å². The molecule has 0 fully saturated rings. The lowest BCUT2D eigenvalue weighted by Crippen LogP contribution is -2.37. The summed E-state index contributed by atoms with van der Waals surface area (Å²) in [7, 11) is 2.80. The van der Waals surface area contributed by atoms with Crippen molar-refractivity contribution in [3.63, 3.8) is 0 Å². The number of carbonyl (C=O) groups is 1. The van der Waals surface area contributed by atoms with Gasteiger partial charge in [-0.05, 0) is 13.0 Å². The van der Waals surface area contributed by atoms with Gasteiger partial charge in [-0.1, -0.05) is 20.8 Å². The van der Waals surface area contributed by atoms with Crippen LogP contribution < -0.4 is 21.1 Å². The van der Waals surface area contributed by atoms with Crippen LogP contribution in [0.15, 0.2) is 18.5 Å². The summed E-state index contributed by atoms with van der Waals surface area (Å²) in [6, 6.07) is 1.57. The fourth-order valence-corrected chi connectivity index (χ4v) is 2.88. The molecule has 3 heterocycles. The Balaban J connectivity index is 1.96. The highest BCUT2D eigenvalue weighted by atomic mass is 16.5. The van der Waals surface area contributed by atoms with E-state index in [0.717, 1.165) is 5.82 Å². The number of nitrogens with two attached hydrogens (primary N) is 1. The normalized spacial score (nSPS) is 12.2. The third-order valence-electron chi connectivity index (χ3n) is 4.64. The second kappa shape index (κ2) is 9.67. The molecule has 0 saturated carbocycles. The van der Waals surface area contributed by atoms with Crippen LogP contribution in [0, 0.1) is 0 Å². The van der Waals surface area contributed by atoms with Gasteiger partial charge in [0, 0.05) is 24.2 Å². The Bertz CT molecular complexity index is 1120. The summed E-state index contributed by atoms with van der Waals surface area (Å²) < 4.78 is 9.84. The maximum atomic E-state index is 11.4. The van der Waals surface area contributed by atoms with E-state index in [9.17, 15) is 4.79 Å². The molecule has 12 heteroatoms. The Morgan fingerprint density at radius 2 is 1.94 bits per heavy atom. The molecule has 0 aliphatic rings. The van der Waals surface area contributed by atoms with Crippen molar-refractivity contribution in [2.45, 2.75) is 39.2 Å². The minimum absolute atomic E-state index is 0.192. The molecule has 3 aromatic heterocycles. The first-order valence-corrected chi connectivity index (χ1v) is 10.3. The smallest absolute Gasteiger partial charge is 0.407 e. The molecule has 3 rings (SSSR count). The van der Waals surface area contributed by atoms with E-state index in [0.29, 0.717) is 35.3 Å². The highest BCUT2D eigenvalue weighted by molar-refractivity contribution is 5.75. The summed E-state index contributed by atoms with van der Waals surface area (Å²) in [4.78, 5) is 37.0. The van der Waals surface area contributed by atoms with E-state index in [1.165, 1.54) is 14.2 Å². The summed E-state index contributed by atoms with van der Waals surface area (Å²) >= 11 is 0. The zero-order valence-electron chi connectivity index (χ0n) is 19.6. The van der Waals surface area contributed by atoms with Crippen LogP contribution in [0.2, 0.25) is 0 Å². The van der Waals surface area contributed by atoms with Crippen molar-refractivity contribution in [2.75, 3.05) is 31.8 Å². The number of carbonyl (C=O) groups excluding carboxylic acids is 1. The van der Waals surface area contributed by atoms with Crippen molar-refractivity contribution >= 4 is 17.9 Å². The summed E-state index contributed by atoms with van der Waals surface area (Å²) in [6.07, 6.45) is 2.68. The van der Waals surface area contributed by atoms with Crippen molar-refractivity contribution in [2.24, 2.45) is 0 Å². The van der Waals surface area contributed by atoms with E-state index >= 15 is 0 Å². The number of nitrogens with one attached hydrogen (secondary N) is 3. The molecular formula is C21H29N9O3. The van der Waals surface area contributed by atoms with Gasteiger partial charge in [-0.15, -0.1) is 0 Å². The predicted octanol–water partition coefficient (Wildman–Crippen LogP) is 2.37. The molecule has 1 atom stereocenters. The number of methoxy groups -OCH3 is 2. The highest BCUT2D eigenvalue weighted by Crippen LogP contribution is 2.33. The number of hydrogen-bond acceptors (Lipinski definition) is 10. The van der Waals surface area contributed by atoms with E-state index in [4.69, 9.17) is 15.5 Å². The van der Waals surface area contributed by atoms with Crippen molar-refractivity contribution in [1.29, 1.82) is 0 Å². The van der Waals surface area contributed by atoms with E-state index in [1.807, 2.05) is 6.92 Å². The van der Waals surface area contributed by atoms with Gasteiger partial charge in [0.05, 0.1) is 31.8 Å². The van der Waals surface area contributed by atoms with Crippen LogP contribution in [-0.4, -0.2) is 62.8 Å². The first kappa shape index (κ1) is 23.7. The average Bonchev–Trinajstić information content (AvgIpc) is 3.24. The largest absolute Gasteiger partial charge is 0.478 e. The van der Waals surface area contributed by atoms with Gasteiger partial charge >= 0.3 is 6.09 Å². The minimum Gasteiger partial charge on any atom is -0.478 e. The number of H-pyrrole nitrogens is 1. The van der Waals surface area contributed by atoms with E-state index in [2.05, 4.69) is 61.1 Å². The molecule has 0 aliphatic carbocycles. The molecule has 0 unspecified atom stereocenters. The Morgan fingerprint density at radius 3 is 2.61 bits per heavy atom. The molecular weight excluding hydrogens is 426 g/mol. The van der Waals surface area contributed by atoms with E-state index in [-0.39, 0.29) is 23.2 Å². The van der Waals surface area contributed by atoms with Crippen molar-refractivity contribution < 1.29 is 14.3 Å². The number of alkyl carbamates (subject to hydrolysis) is 1. The van der Waals surface area contributed by atoms with Gasteiger partial charge in [0.1, 0.15) is 17.2 Å². The number of ether oxygens (including phenoxy) is 2. The first-order valence-electron chi connectivity index (χ1n) is 10.3. The lowest BCUT2D eigenvalue weighted by atomic mass is 9.96. The molecule has 0 spiro atoms. The Kier molecular flexibility index (Phi) is 6.95. The zero-order valence-corrected chi connectivity index (χ0v) is 19.6. The van der Waals surface area contributed by atoms with Crippen LogP contribution in [0.25, 0.3) is 22.8 Å². The topological polar surface area (TPSA) is 166 Å². The van der Waals surface area contributed by atoms with Crippen LogP contribution in [0.5, 0.6) is 5.88 Å².